The van der Waals surface area contributed by atoms with Crippen molar-refractivity contribution in [3.8, 4) is 16.9 Å². The number of nitrogens with zero attached hydrogens (tertiary/aromatic N) is 6. The summed E-state index contributed by atoms with van der Waals surface area (Å²) in [6.07, 6.45) is 1.27. The van der Waals surface area contributed by atoms with Gasteiger partial charge in [-0.05, 0) is 83.4 Å². The first-order valence-corrected chi connectivity index (χ1v) is 15.8. The number of aromatic nitrogens is 4. The Kier molecular flexibility index (Phi) is 8.96. The molecule has 0 bridgehead atoms. The van der Waals surface area contributed by atoms with Gasteiger partial charge in [0.1, 0.15) is 17.2 Å². The van der Waals surface area contributed by atoms with Gasteiger partial charge in [0.15, 0.2) is 5.65 Å². The van der Waals surface area contributed by atoms with Crippen molar-refractivity contribution in [3.63, 3.8) is 0 Å². The largest absolute Gasteiger partial charge is 0.444 e. The van der Waals surface area contributed by atoms with Crippen LogP contribution in [-0.2, 0) is 4.74 Å². The summed E-state index contributed by atoms with van der Waals surface area (Å²) in [6.45, 7) is 19.9. The van der Waals surface area contributed by atoms with Crippen LogP contribution in [0.4, 0.5) is 15.0 Å². The van der Waals surface area contributed by atoms with Crippen molar-refractivity contribution in [1.29, 1.82) is 0 Å². The SMILES string of the molecule is C=Cc1cc(C)c(-n2c(=O)nc(N3C[C@@H](C)N(C(=O)OC(C)(C)C)C[C@@H]3C)c3cc(Cl)c(-c4ccccc4F)nc32)c(C(C)C)n1. The third-order valence-electron chi connectivity index (χ3n) is 8.03. The summed E-state index contributed by atoms with van der Waals surface area (Å²) in [5.41, 5.74) is 2.17. The second kappa shape index (κ2) is 12.5. The van der Waals surface area contributed by atoms with Gasteiger partial charge in [0.25, 0.3) is 0 Å². The van der Waals surface area contributed by atoms with Crippen molar-refractivity contribution in [2.75, 3.05) is 18.0 Å². The summed E-state index contributed by atoms with van der Waals surface area (Å²) in [6, 6.07) is 9.30. The first-order valence-electron chi connectivity index (χ1n) is 15.4. The van der Waals surface area contributed by atoms with Gasteiger partial charge in [0, 0.05) is 30.7 Å². The molecule has 11 heteroatoms. The Morgan fingerprint density at radius 1 is 1.11 bits per heavy atom. The molecule has 1 aliphatic rings. The van der Waals surface area contributed by atoms with Crippen LogP contribution in [-0.4, -0.2) is 61.3 Å². The van der Waals surface area contributed by atoms with E-state index >= 15 is 4.39 Å². The molecule has 4 aromatic rings. The Morgan fingerprint density at radius 3 is 2.43 bits per heavy atom. The van der Waals surface area contributed by atoms with E-state index < -0.39 is 23.2 Å². The van der Waals surface area contributed by atoms with E-state index in [1.807, 2.05) is 66.4 Å². The number of amides is 1. The second-order valence-electron chi connectivity index (χ2n) is 13.2. The number of rotatable bonds is 5. The third kappa shape index (κ3) is 6.23. The highest BCUT2D eigenvalue weighted by Crippen LogP contribution is 2.37. The predicted molar refractivity (Wildman–Crippen MR) is 181 cm³/mol. The maximum Gasteiger partial charge on any atom is 0.410 e. The van der Waals surface area contributed by atoms with Crippen LogP contribution < -0.4 is 10.6 Å². The normalized spacial score (nSPS) is 17.1. The molecule has 1 amide bonds. The van der Waals surface area contributed by atoms with Crippen LogP contribution in [0.5, 0.6) is 0 Å². The van der Waals surface area contributed by atoms with Crippen molar-refractivity contribution in [3.05, 3.63) is 81.3 Å². The molecule has 0 N–H and O–H groups in total. The van der Waals surface area contributed by atoms with Crippen LogP contribution in [0, 0.1) is 12.7 Å². The number of carbonyl (C=O) groups is 1. The van der Waals surface area contributed by atoms with E-state index in [0.29, 0.717) is 41.4 Å². The second-order valence-corrected chi connectivity index (χ2v) is 13.6. The highest BCUT2D eigenvalue weighted by molar-refractivity contribution is 6.33. The number of ether oxygens (including phenoxy) is 1. The van der Waals surface area contributed by atoms with Gasteiger partial charge < -0.3 is 14.5 Å². The molecule has 242 valence electrons. The molecule has 3 aromatic heterocycles. The smallest absolute Gasteiger partial charge is 0.410 e. The van der Waals surface area contributed by atoms with Gasteiger partial charge in [-0.25, -0.2) is 23.5 Å². The predicted octanol–water partition coefficient (Wildman–Crippen LogP) is 7.54. The maximum atomic E-state index is 15.1. The van der Waals surface area contributed by atoms with Crippen LogP contribution in [0.15, 0.2) is 47.8 Å². The molecule has 9 nitrogen and oxygen atoms in total. The van der Waals surface area contributed by atoms with Gasteiger partial charge in [0.2, 0.25) is 0 Å². The summed E-state index contributed by atoms with van der Waals surface area (Å²) in [7, 11) is 0. The molecule has 0 radical (unpaired) electrons. The van der Waals surface area contributed by atoms with E-state index in [1.54, 1.807) is 35.2 Å². The van der Waals surface area contributed by atoms with Crippen molar-refractivity contribution in [2.45, 2.75) is 79.0 Å². The number of piperazine rings is 1. The van der Waals surface area contributed by atoms with E-state index in [4.69, 9.17) is 26.3 Å². The number of benzene rings is 1. The third-order valence-corrected chi connectivity index (χ3v) is 8.31. The Morgan fingerprint density at radius 2 is 1.80 bits per heavy atom. The van der Waals surface area contributed by atoms with Crippen molar-refractivity contribution < 1.29 is 13.9 Å². The average molecular weight is 647 g/mol. The molecule has 0 unspecified atom stereocenters. The van der Waals surface area contributed by atoms with Crippen LogP contribution in [0.3, 0.4) is 0 Å². The standard InChI is InChI=1S/C35H40ClFN6O3/c1-10-23-15-20(4)30(28(38-23)19(2)3)43-32-25(16-26(36)29(39-32)24-13-11-12-14-27(24)37)31(40-33(43)44)41-17-22(6)42(18-21(41)5)34(45)46-35(7,8)9/h10-16,19,21-22H,1,17-18H2,2-9H3/t21-,22+/m0/s1. The maximum absolute atomic E-state index is 15.1. The summed E-state index contributed by atoms with van der Waals surface area (Å²) in [5.74, 6) is -0.167. The van der Waals surface area contributed by atoms with E-state index in [9.17, 15) is 9.59 Å². The number of hydrogen-bond acceptors (Lipinski definition) is 7. The zero-order chi connectivity index (χ0) is 33.7. The van der Waals surface area contributed by atoms with E-state index in [2.05, 4.69) is 11.6 Å². The fraction of sp³-hybridized carbons (Fsp3) is 0.400. The van der Waals surface area contributed by atoms with Crippen molar-refractivity contribution >= 4 is 40.6 Å². The Bertz CT molecular complexity index is 1900. The average Bonchev–Trinajstić information content (AvgIpc) is 2.97. The molecule has 1 aliphatic heterocycles. The molecule has 1 fully saturated rings. The molecule has 5 rings (SSSR count). The molecule has 46 heavy (non-hydrogen) atoms. The first-order chi connectivity index (χ1) is 21.6. The number of aryl methyl sites for hydroxylation is 1. The van der Waals surface area contributed by atoms with Crippen LogP contribution in [0.2, 0.25) is 5.02 Å². The lowest BCUT2D eigenvalue weighted by Gasteiger charge is -2.44. The summed E-state index contributed by atoms with van der Waals surface area (Å²) >= 11 is 6.85. The van der Waals surface area contributed by atoms with Crippen molar-refractivity contribution in [2.24, 2.45) is 0 Å². The first kappa shape index (κ1) is 33.1. The summed E-state index contributed by atoms with van der Waals surface area (Å²) in [4.78, 5) is 45.3. The summed E-state index contributed by atoms with van der Waals surface area (Å²) < 4.78 is 22.2. The number of hydrogen-bond donors (Lipinski definition) is 0. The molecular weight excluding hydrogens is 607 g/mol. The van der Waals surface area contributed by atoms with Crippen LogP contribution in [0.25, 0.3) is 34.1 Å². The molecule has 0 aliphatic carbocycles. The molecule has 1 saturated heterocycles. The lowest BCUT2D eigenvalue weighted by molar-refractivity contribution is 0.0130. The van der Waals surface area contributed by atoms with Crippen LogP contribution >= 0.6 is 11.6 Å². The fourth-order valence-corrected chi connectivity index (χ4v) is 6.13. The van der Waals surface area contributed by atoms with Gasteiger partial charge >= 0.3 is 11.8 Å². The van der Waals surface area contributed by atoms with Gasteiger partial charge in [0.05, 0.1) is 33.2 Å². The molecule has 1 aromatic carbocycles. The number of fused-ring (bicyclic) bond motifs is 1. The minimum absolute atomic E-state index is 0.0598. The molecule has 4 heterocycles. The molecule has 0 saturated carbocycles. The number of carbonyl (C=O) groups excluding carboxylic acids is 1. The minimum Gasteiger partial charge on any atom is -0.444 e. The Labute approximate surface area is 273 Å². The minimum atomic E-state index is -0.635. The zero-order valence-electron chi connectivity index (χ0n) is 27.6. The van der Waals surface area contributed by atoms with E-state index in [1.165, 1.54) is 10.6 Å². The van der Waals surface area contributed by atoms with Gasteiger partial charge in [-0.15, -0.1) is 0 Å². The number of pyridine rings is 2. The quantitative estimate of drug-likeness (QED) is 0.221. The highest BCUT2D eigenvalue weighted by Gasteiger charge is 2.36. The molecule has 2 atom stereocenters. The lowest BCUT2D eigenvalue weighted by Crippen LogP contribution is -2.59. The number of anilines is 1. The van der Waals surface area contributed by atoms with Gasteiger partial charge in [-0.3, -0.25) is 4.98 Å². The van der Waals surface area contributed by atoms with Gasteiger partial charge in [-0.1, -0.05) is 44.2 Å². The Hall–Kier alpha value is -4.31. The molecular formula is C35H40ClFN6O3. The highest BCUT2D eigenvalue weighted by atomic mass is 35.5. The Balaban J connectivity index is 1.77. The number of halogens is 2. The van der Waals surface area contributed by atoms with E-state index in [-0.39, 0.29) is 39.9 Å². The van der Waals surface area contributed by atoms with Gasteiger partial charge in [-0.2, -0.15) is 4.98 Å². The topological polar surface area (TPSA) is 93.5 Å². The zero-order valence-corrected chi connectivity index (χ0v) is 28.3. The van der Waals surface area contributed by atoms with Crippen molar-refractivity contribution in [1.82, 2.24) is 24.4 Å². The lowest BCUT2D eigenvalue weighted by atomic mass is 10.0. The van der Waals surface area contributed by atoms with Crippen LogP contribution in [0.1, 0.15) is 71.3 Å². The van der Waals surface area contributed by atoms with E-state index in [0.717, 1.165) is 5.56 Å². The molecule has 0 spiro atoms. The fourth-order valence-electron chi connectivity index (χ4n) is 5.88. The summed E-state index contributed by atoms with van der Waals surface area (Å²) in [5, 5.41) is 0.719. The monoisotopic (exact) mass is 646 g/mol.